The quantitative estimate of drug-likeness (QED) is 0.600. The molecule has 7 nitrogen and oxygen atoms in total. The number of nitrogens with zero attached hydrogens (tertiary/aromatic N) is 2. The highest BCUT2D eigenvalue weighted by molar-refractivity contribution is 5.83. The molecule has 1 atom stereocenters. The van der Waals surface area contributed by atoms with Gasteiger partial charge in [0.05, 0.1) is 0 Å². The number of aliphatic carboxylic acids is 1. The molecule has 0 bridgehead atoms. The molecule has 3 N–H and O–H groups in total. The van der Waals surface area contributed by atoms with Gasteiger partial charge in [-0.1, -0.05) is 13.8 Å². The van der Waals surface area contributed by atoms with E-state index in [1.165, 1.54) is 0 Å². The zero-order valence-corrected chi connectivity index (χ0v) is 14.2. The first-order valence-electron chi connectivity index (χ1n) is 7.86. The minimum absolute atomic E-state index is 0.208. The summed E-state index contributed by atoms with van der Waals surface area (Å²) in [6.07, 6.45) is 1.27. The summed E-state index contributed by atoms with van der Waals surface area (Å²) in [6, 6.07) is 1.07. The summed E-state index contributed by atoms with van der Waals surface area (Å²) in [7, 11) is 0. The summed E-state index contributed by atoms with van der Waals surface area (Å²) >= 11 is 0. The summed E-state index contributed by atoms with van der Waals surface area (Å²) in [5, 5.41) is 14.7. The van der Waals surface area contributed by atoms with Crippen molar-refractivity contribution < 1.29 is 14.7 Å². The van der Waals surface area contributed by atoms with Crippen LogP contribution in [0.25, 0.3) is 0 Å². The van der Waals surface area contributed by atoms with Gasteiger partial charge in [-0.3, -0.25) is 4.79 Å². The first kappa shape index (κ1) is 18.9. The SMILES string of the molecule is Cc1cc(C)nc(NCCCC(=O)NC(CC(C)C)C(=O)O)n1. The number of nitrogens with one attached hydrogen (secondary N) is 2. The summed E-state index contributed by atoms with van der Waals surface area (Å²) in [5.74, 6) is -0.485. The van der Waals surface area contributed by atoms with Gasteiger partial charge in [0.2, 0.25) is 11.9 Å². The molecule has 23 heavy (non-hydrogen) atoms. The Morgan fingerprint density at radius 1 is 1.22 bits per heavy atom. The molecule has 0 saturated carbocycles. The van der Waals surface area contributed by atoms with Crippen LogP contribution in [0.15, 0.2) is 6.07 Å². The molecule has 1 heterocycles. The third-order valence-corrected chi connectivity index (χ3v) is 3.19. The maximum atomic E-state index is 11.8. The Hall–Kier alpha value is -2.18. The average molecular weight is 322 g/mol. The van der Waals surface area contributed by atoms with Gasteiger partial charge < -0.3 is 15.7 Å². The number of carbonyl (C=O) groups excluding carboxylic acids is 1. The van der Waals surface area contributed by atoms with Gasteiger partial charge in [-0.15, -0.1) is 0 Å². The van der Waals surface area contributed by atoms with Crippen LogP contribution in [0.4, 0.5) is 5.95 Å². The molecule has 0 spiro atoms. The molecule has 0 aliphatic heterocycles. The van der Waals surface area contributed by atoms with E-state index in [2.05, 4.69) is 20.6 Å². The summed E-state index contributed by atoms with van der Waals surface area (Å²) in [4.78, 5) is 31.4. The molecule has 1 rings (SSSR count). The summed E-state index contributed by atoms with van der Waals surface area (Å²) < 4.78 is 0. The summed E-state index contributed by atoms with van der Waals surface area (Å²) in [6.45, 7) is 8.20. The van der Waals surface area contributed by atoms with Crippen LogP contribution >= 0.6 is 0 Å². The molecule has 1 amide bonds. The maximum Gasteiger partial charge on any atom is 0.326 e. The maximum absolute atomic E-state index is 11.8. The highest BCUT2D eigenvalue weighted by atomic mass is 16.4. The molecule has 0 aliphatic carbocycles. The van der Waals surface area contributed by atoms with Crippen molar-refractivity contribution in [2.75, 3.05) is 11.9 Å². The molecule has 128 valence electrons. The van der Waals surface area contributed by atoms with Gasteiger partial charge in [-0.2, -0.15) is 0 Å². The standard InChI is InChI=1S/C16H26N4O3/c1-10(2)8-13(15(22)23)20-14(21)6-5-7-17-16-18-11(3)9-12(4)19-16/h9-10,13H,5-8H2,1-4H3,(H,20,21)(H,22,23)(H,17,18,19). The van der Waals surface area contributed by atoms with E-state index in [0.717, 1.165) is 11.4 Å². The highest BCUT2D eigenvalue weighted by Gasteiger charge is 2.20. The largest absolute Gasteiger partial charge is 0.480 e. The van der Waals surface area contributed by atoms with Gasteiger partial charge in [0, 0.05) is 24.4 Å². The van der Waals surface area contributed by atoms with E-state index < -0.39 is 12.0 Å². The van der Waals surface area contributed by atoms with Crippen molar-refractivity contribution in [3.05, 3.63) is 17.5 Å². The molecule has 0 aliphatic rings. The van der Waals surface area contributed by atoms with Gasteiger partial charge in [-0.05, 0) is 38.7 Å². The highest BCUT2D eigenvalue weighted by Crippen LogP contribution is 2.06. The Balaban J connectivity index is 2.34. The zero-order chi connectivity index (χ0) is 17.4. The average Bonchev–Trinajstić information content (AvgIpc) is 2.41. The van der Waals surface area contributed by atoms with Crippen LogP contribution < -0.4 is 10.6 Å². The molecule has 7 heteroatoms. The van der Waals surface area contributed by atoms with Gasteiger partial charge in [0.1, 0.15) is 6.04 Å². The molecular formula is C16H26N4O3. The Morgan fingerprint density at radius 3 is 2.35 bits per heavy atom. The second-order valence-electron chi connectivity index (χ2n) is 6.09. The molecule has 0 radical (unpaired) electrons. The lowest BCUT2D eigenvalue weighted by Gasteiger charge is -2.16. The molecular weight excluding hydrogens is 296 g/mol. The molecule has 1 aromatic rings. The minimum atomic E-state index is -0.992. The number of carboxylic acids is 1. The lowest BCUT2D eigenvalue weighted by atomic mass is 10.0. The van der Waals surface area contributed by atoms with Crippen molar-refractivity contribution in [3.63, 3.8) is 0 Å². The lowest BCUT2D eigenvalue weighted by Crippen LogP contribution is -2.41. The Labute approximate surface area is 136 Å². The molecule has 1 aromatic heterocycles. The fourth-order valence-corrected chi connectivity index (χ4v) is 2.21. The van der Waals surface area contributed by atoms with Crippen LogP contribution in [0, 0.1) is 19.8 Å². The second-order valence-corrected chi connectivity index (χ2v) is 6.09. The van der Waals surface area contributed by atoms with Crippen molar-refractivity contribution in [1.82, 2.24) is 15.3 Å². The third kappa shape index (κ3) is 7.58. The number of carbonyl (C=O) groups is 2. The predicted octanol–water partition coefficient (Wildman–Crippen LogP) is 1.90. The monoisotopic (exact) mass is 322 g/mol. The first-order valence-corrected chi connectivity index (χ1v) is 7.86. The van der Waals surface area contributed by atoms with E-state index in [0.29, 0.717) is 25.3 Å². The number of anilines is 1. The van der Waals surface area contributed by atoms with Crippen LogP contribution in [-0.4, -0.2) is 39.5 Å². The van der Waals surface area contributed by atoms with Crippen LogP contribution in [-0.2, 0) is 9.59 Å². The Bertz CT molecular complexity index is 526. The Morgan fingerprint density at radius 2 is 1.83 bits per heavy atom. The zero-order valence-electron chi connectivity index (χ0n) is 14.2. The number of carboxylic acid groups (broad SMARTS) is 1. The second kappa shape index (κ2) is 9.07. The van der Waals surface area contributed by atoms with E-state index in [1.54, 1.807) is 0 Å². The van der Waals surface area contributed by atoms with Crippen LogP contribution in [0.2, 0.25) is 0 Å². The lowest BCUT2D eigenvalue weighted by molar-refractivity contribution is -0.142. The normalized spacial score (nSPS) is 12.0. The van der Waals surface area contributed by atoms with E-state index >= 15 is 0 Å². The topological polar surface area (TPSA) is 104 Å². The molecule has 0 saturated heterocycles. The third-order valence-electron chi connectivity index (χ3n) is 3.19. The number of hydrogen-bond acceptors (Lipinski definition) is 5. The predicted molar refractivity (Wildman–Crippen MR) is 88.3 cm³/mol. The molecule has 1 unspecified atom stereocenters. The van der Waals surface area contributed by atoms with Crippen molar-refractivity contribution in [3.8, 4) is 0 Å². The van der Waals surface area contributed by atoms with Gasteiger partial charge in [-0.25, -0.2) is 14.8 Å². The van der Waals surface area contributed by atoms with Crippen molar-refractivity contribution in [1.29, 1.82) is 0 Å². The number of rotatable bonds is 9. The summed E-state index contributed by atoms with van der Waals surface area (Å²) in [5.41, 5.74) is 1.77. The number of hydrogen-bond donors (Lipinski definition) is 3. The number of aryl methyl sites for hydroxylation is 2. The smallest absolute Gasteiger partial charge is 0.326 e. The van der Waals surface area contributed by atoms with E-state index in [4.69, 9.17) is 5.11 Å². The van der Waals surface area contributed by atoms with Crippen molar-refractivity contribution in [2.24, 2.45) is 5.92 Å². The first-order chi connectivity index (χ1) is 10.8. The molecule has 0 aromatic carbocycles. The van der Waals surface area contributed by atoms with E-state index in [1.807, 2.05) is 33.8 Å². The number of amides is 1. The van der Waals surface area contributed by atoms with Gasteiger partial charge in [0.15, 0.2) is 0 Å². The van der Waals surface area contributed by atoms with Crippen LogP contribution in [0.1, 0.15) is 44.5 Å². The van der Waals surface area contributed by atoms with Gasteiger partial charge in [0.25, 0.3) is 0 Å². The van der Waals surface area contributed by atoms with E-state index in [-0.39, 0.29) is 18.2 Å². The van der Waals surface area contributed by atoms with Crippen LogP contribution in [0.3, 0.4) is 0 Å². The van der Waals surface area contributed by atoms with Gasteiger partial charge >= 0.3 is 5.97 Å². The van der Waals surface area contributed by atoms with Crippen LogP contribution in [0.5, 0.6) is 0 Å². The van der Waals surface area contributed by atoms with Crippen molar-refractivity contribution >= 4 is 17.8 Å². The molecule has 0 fully saturated rings. The Kier molecular flexibility index (Phi) is 7.44. The van der Waals surface area contributed by atoms with Crippen molar-refractivity contribution in [2.45, 2.75) is 53.0 Å². The number of aromatic nitrogens is 2. The minimum Gasteiger partial charge on any atom is -0.480 e. The van der Waals surface area contributed by atoms with E-state index in [9.17, 15) is 9.59 Å². The fraction of sp³-hybridized carbons (Fsp3) is 0.625. The fourth-order valence-electron chi connectivity index (χ4n) is 2.21.